The van der Waals surface area contributed by atoms with Crippen LogP contribution in [0.3, 0.4) is 0 Å². The summed E-state index contributed by atoms with van der Waals surface area (Å²) in [6.07, 6.45) is 2.91. The van der Waals surface area contributed by atoms with Gasteiger partial charge in [0.2, 0.25) is 5.88 Å². The van der Waals surface area contributed by atoms with Crippen molar-refractivity contribution in [2.75, 3.05) is 37.7 Å². The van der Waals surface area contributed by atoms with Crippen LogP contribution in [0.1, 0.15) is 28.3 Å². The van der Waals surface area contributed by atoms with E-state index in [9.17, 15) is 9.90 Å². The third-order valence-electron chi connectivity index (χ3n) is 7.12. The monoisotopic (exact) mass is 514 g/mol. The minimum atomic E-state index is -0.933. The second-order valence-corrected chi connectivity index (χ2v) is 9.64. The van der Waals surface area contributed by atoms with Crippen molar-refractivity contribution in [1.29, 1.82) is 0 Å². The first-order valence-corrected chi connectivity index (χ1v) is 12.9. The molecule has 3 aromatic heterocycles. The van der Waals surface area contributed by atoms with Crippen LogP contribution in [0.25, 0.3) is 11.0 Å². The lowest BCUT2D eigenvalue weighted by molar-refractivity contribution is -0.0592. The normalized spacial score (nSPS) is 17.9. The summed E-state index contributed by atoms with van der Waals surface area (Å²) in [6, 6.07) is 16.8. The number of aromatic nitrogens is 4. The average Bonchev–Trinajstić information content (AvgIpc) is 3.26. The van der Waals surface area contributed by atoms with Crippen LogP contribution >= 0.6 is 0 Å². The highest BCUT2D eigenvalue weighted by atomic mass is 16.5. The number of piperazine rings is 1. The largest absolute Gasteiger partial charge is 0.478 e. The molecule has 0 saturated carbocycles. The number of carboxylic acid groups (broad SMARTS) is 1. The van der Waals surface area contributed by atoms with Crippen LogP contribution in [0.5, 0.6) is 5.88 Å². The first kappa shape index (κ1) is 24.3. The number of imidazole rings is 1. The first-order chi connectivity index (χ1) is 18.6. The number of hydrogen-bond acceptors (Lipinski definition) is 8. The third kappa shape index (κ3) is 5.32. The molecule has 0 spiro atoms. The molecule has 2 saturated heterocycles. The third-order valence-corrected chi connectivity index (χ3v) is 7.12. The zero-order valence-electron chi connectivity index (χ0n) is 21.1. The number of benzene rings is 1. The van der Waals surface area contributed by atoms with Gasteiger partial charge in [-0.1, -0.05) is 12.1 Å². The van der Waals surface area contributed by atoms with Crippen LogP contribution in [-0.4, -0.2) is 74.4 Å². The van der Waals surface area contributed by atoms with Gasteiger partial charge in [-0.2, -0.15) is 4.98 Å². The van der Waals surface area contributed by atoms with E-state index in [4.69, 9.17) is 19.4 Å². The van der Waals surface area contributed by atoms with Crippen molar-refractivity contribution in [3.8, 4) is 5.88 Å². The highest BCUT2D eigenvalue weighted by molar-refractivity contribution is 5.92. The smallest absolute Gasteiger partial charge is 0.335 e. The van der Waals surface area contributed by atoms with Crippen LogP contribution in [0, 0.1) is 0 Å². The molecule has 4 aromatic rings. The van der Waals surface area contributed by atoms with E-state index in [-0.39, 0.29) is 11.7 Å². The maximum absolute atomic E-state index is 11.6. The minimum absolute atomic E-state index is 0.148. The van der Waals surface area contributed by atoms with Crippen LogP contribution in [-0.2, 0) is 24.4 Å². The van der Waals surface area contributed by atoms with E-state index in [0.717, 1.165) is 67.6 Å². The number of rotatable bonds is 9. The standard InChI is InChI=1S/C28H30N6O4/c35-28(36)20-7-8-23-24(16-20)34(17-22-9-15-37-22)26(30-23)18-32-11-13-33(14-12-32)25-5-3-6-27(31-25)38-19-21-4-1-2-10-29-21/h1-8,10,16,22H,9,11-15,17-19H2,(H,35,36)/t22-/m0/s1. The summed E-state index contributed by atoms with van der Waals surface area (Å²) in [7, 11) is 0. The number of anilines is 1. The number of pyridine rings is 2. The number of ether oxygens (including phenoxy) is 2. The summed E-state index contributed by atoms with van der Waals surface area (Å²) in [4.78, 5) is 30.1. The van der Waals surface area contributed by atoms with Gasteiger partial charge < -0.3 is 24.0 Å². The van der Waals surface area contributed by atoms with Gasteiger partial charge in [-0.25, -0.2) is 9.78 Å². The Balaban J connectivity index is 1.12. The van der Waals surface area contributed by atoms with Crippen molar-refractivity contribution in [1.82, 2.24) is 24.4 Å². The van der Waals surface area contributed by atoms with Crippen molar-refractivity contribution in [2.45, 2.75) is 32.2 Å². The molecular weight excluding hydrogens is 484 g/mol. The average molecular weight is 515 g/mol. The summed E-state index contributed by atoms with van der Waals surface area (Å²) < 4.78 is 13.7. The molecule has 0 aliphatic carbocycles. The Kier molecular flexibility index (Phi) is 6.89. The van der Waals surface area contributed by atoms with Gasteiger partial charge in [-0.15, -0.1) is 0 Å². The second-order valence-electron chi connectivity index (χ2n) is 9.64. The Morgan fingerprint density at radius 3 is 2.66 bits per heavy atom. The summed E-state index contributed by atoms with van der Waals surface area (Å²) >= 11 is 0. The van der Waals surface area contributed by atoms with Crippen molar-refractivity contribution in [2.24, 2.45) is 0 Å². The number of hydrogen-bond donors (Lipinski definition) is 1. The molecule has 0 amide bonds. The molecule has 10 heteroatoms. The molecule has 196 valence electrons. The number of carbonyl (C=O) groups is 1. The summed E-state index contributed by atoms with van der Waals surface area (Å²) in [5.74, 6) is 1.49. The molecule has 1 N–H and O–H groups in total. The Morgan fingerprint density at radius 1 is 1.05 bits per heavy atom. The Morgan fingerprint density at radius 2 is 1.92 bits per heavy atom. The number of nitrogens with zero attached hydrogens (tertiary/aromatic N) is 6. The summed E-state index contributed by atoms with van der Waals surface area (Å²) in [6.45, 7) is 5.94. The first-order valence-electron chi connectivity index (χ1n) is 12.9. The van der Waals surface area contributed by atoms with Crippen molar-refractivity contribution in [3.63, 3.8) is 0 Å². The van der Waals surface area contributed by atoms with Gasteiger partial charge in [0, 0.05) is 45.0 Å². The molecule has 0 radical (unpaired) electrons. The molecule has 6 rings (SSSR count). The van der Waals surface area contributed by atoms with Gasteiger partial charge in [0.1, 0.15) is 18.2 Å². The molecule has 1 atom stereocenters. The molecule has 0 bridgehead atoms. The fourth-order valence-electron chi connectivity index (χ4n) is 4.89. The Hall–Kier alpha value is -4.02. The lowest BCUT2D eigenvalue weighted by Crippen LogP contribution is -2.46. The van der Waals surface area contributed by atoms with Gasteiger partial charge in [0.15, 0.2) is 0 Å². The lowest BCUT2D eigenvalue weighted by atomic mass is 10.1. The topological polar surface area (TPSA) is 106 Å². The molecule has 10 nitrogen and oxygen atoms in total. The SMILES string of the molecule is O=C(O)c1ccc2nc(CN3CCN(c4cccc(OCc5ccccn5)n4)CC3)n(C[C@@H]3CCO3)c2c1. The van der Waals surface area contributed by atoms with Crippen LogP contribution in [0.2, 0.25) is 0 Å². The van der Waals surface area contributed by atoms with Crippen molar-refractivity contribution in [3.05, 3.63) is 77.9 Å². The fourth-order valence-corrected chi connectivity index (χ4v) is 4.89. The highest BCUT2D eigenvalue weighted by Crippen LogP contribution is 2.24. The molecule has 5 heterocycles. The van der Waals surface area contributed by atoms with Gasteiger partial charge in [0.05, 0.1) is 41.5 Å². The van der Waals surface area contributed by atoms with E-state index >= 15 is 0 Å². The van der Waals surface area contributed by atoms with Crippen molar-refractivity contribution >= 4 is 22.8 Å². The molecule has 0 unspecified atom stereocenters. The van der Waals surface area contributed by atoms with Crippen LogP contribution in [0.4, 0.5) is 5.82 Å². The number of carboxylic acids is 1. The molecule has 2 aliphatic rings. The molecule has 2 fully saturated rings. The fraction of sp³-hybridized carbons (Fsp3) is 0.357. The highest BCUT2D eigenvalue weighted by Gasteiger charge is 2.25. The second kappa shape index (κ2) is 10.8. The van der Waals surface area contributed by atoms with E-state index in [1.165, 1.54) is 0 Å². The number of fused-ring (bicyclic) bond motifs is 1. The molecule has 1 aromatic carbocycles. The summed E-state index contributed by atoms with van der Waals surface area (Å²) in [5, 5.41) is 9.48. The van der Waals surface area contributed by atoms with Gasteiger partial charge >= 0.3 is 5.97 Å². The zero-order chi connectivity index (χ0) is 25.9. The van der Waals surface area contributed by atoms with Gasteiger partial charge in [-0.05, 0) is 42.8 Å². The predicted octanol–water partition coefficient (Wildman–Crippen LogP) is 3.21. The number of aromatic carboxylic acids is 1. The van der Waals surface area contributed by atoms with Crippen LogP contribution < -0.4 is 9.64 Å². The van der Waals surface area contributed by atoms with E-state index in [1.807, 2.05) is 36.4 Å². The van der Waals surface area contributed by atoms with E-state index < -0.39 is 5.97 Å². The van der Waals surface area contributed by atoms with Crippen LogP contribution in [0.15, 0.2) is 60.8 Å². The van der Waals surface area contributed by atoms with Gasteiger partial charge in [-0.3, -0.25) is 9.88 Å². The quantitative estimate of drug-likeness (QED) is 0.360. The predicted molar refractivity (Wildman–Crippen MR) is 141 cm³/mol. The van der Waals surface area contributed by atoms with E-state index in [1.54, 1.807) is 24.4 Å². The van der Waals surface area contributed by atoms with Crippen molar-refractivity contribution < 1.29 is 19.4 Å². The maximum atomic E-state index is 11.6. The van der Waals surface area contributed by atoms with E-state index in [0.29, 0.717) is 25.6 Å². The lowest BCUT2D eigenvalue weighted by Gasteiger charge is -2.35. The molecular formula is C28H30N6O4. The Bertz CT molecular complexity index is 1410. The zero-order valence-corrected chi connectivity index (χ0v) is 21.1. The minimum Gasteiger partial charge on any atom is -0.478 e. The molecule has 2 aliphatic heterocycles. The summed E-state index contributed by atoms with van der Waals surface area (Å²) in [5.41, 5.74) is 2.80. The maximum Gasteiger partial charge on any atom is 0.335 e. The Labute approximate surface area is 220 Å². The molecule has 38 heavy (non-hydrogen) atoms. The van der Waals surface area contributed by atoms with Gasteiger partial charge in [0.25, 0.3) is 0 Å². The van der Waals surface area contributed by atoms with E-state index in [2.05, 4.69) is 19.4 Å².